The Morgan fingerprint density at radius 3 is 1.28 bits per heavy atom. The molecule has 0 radical (unpaired) electrons. The molecule has 0 saturated carbocycles. The molecule has 11 heteroatoms. The summed E-state index contributed by atoms with van der Waals surface area (Å²) in [7, 11) is 0. The van der Waals surface area contributed by atoms with E-state index in [9.17, 15) is 35.1 Å². The number of amides is 1. The molecule has 85 heavy (non-hydrogen) atoms. The van der Waals surface area contributed by atoms with Crippen LogP contribution in [0.4, 0.5) is 0 Å². The van der Waals surface area contributed by atoms with E-state index in [0.717, 1.165) is 77.0 Å². The fraction of sp³-hybridized carbons (Fsp3) is 0.838. The van der Waals surface area contributed by atoms with Crippen molar-refractivity contribution in [2.24, 2.45) is 0 Å². The van der Waals surface area contributed by atoms with Gasteiger partial charge in [0.15, 0.2) is 6.29 Å². The molecule has 0 aliphatic carbocycles. The van der Waals surface area contributed by atoms with Gasteiger partial charge in [-0.2, -0.15) is 0 Å². The number of carbonyl (C=O) groups excluding carboxylic acids is 2. The van der Waals surface area contributed by atoms with Gasteiger partial charge in [0.05, 0.1) is 32.0 Å². The molecule has 0 aromatic heterocycles. The van der Waals surface area contributed by atoms with E-state index in [1.54, 1.807) is 6.08 Å². The predicted molar refractivity (Wildman–Crippen MR) is 357 cm³/mol. The number of hydrogen-bond acceptors (Lipinski definition) is 10. The first-order valence-electron chi connectivity index (χ1n) is 36.1. The molecule has 0 aromatic carbocycles. The Morgan fingerprint density at radius 2 is 0.835 bits per heavy atom. The molecule has 11 nitrogen and oxygen atoms in total. The summed E-state index contributed by atoms with van der Waals surface area (Å²) in [5.74, 6) is -0.190. The molecule has 0 aromatic rings. The van der Waals surface area contributed by atoms with Crippen LogP contribution in [0, 0.1) is 0 Å². The quantitative estimate of drug-likeness (QED) is 0.0195. The molecule has 1 saturated heterocycles. The van der Waals surface area contributed by atoms with Crippen LogP contribution in [0.15, 0.2) is 60.8 Å². The second-order valence-corrected chi connectivity index (χ2v) is 24.9. The summed E-state index contributed by atoms with van der Waals surface area (Å²) >= 11 is 0. The number of aliphatic hydroxyl groups excluding tert-OH is 5. The number of nitrogens with one attached hydrogen (secondary N) is 1. The van der Waals surface area contributed by atoms with Gasteiger partial charge in [-0.1, -0.05) is 299 Å². The molecular weight excluding hydrogens is 1060 g/mol. The van der Waals surface area contributed by atoms with E-state index in [-0.39, 0.29) is 18.5 Å². The lowest BCUT2D eigenvalue weighted by Gasteiger charge is -2.40. The number of aliphatic hydroxyl groups is 5. The highest BCUT2D eigenvalue weighted by molar-refractivity contribution is 5.76. The molecule has 6 N–H and O–H groups in total. The fourth-order valence-electron chi connectivity index (χ4n) is 11.2. The monoisotopic (exact) mass is 1200 g/mol. The van der Waals surface area contributed by atoms with Crippen LogP contribution >= 0.6 is 0 Å². The lowest BCUT2D eigenvalue weighted by Crippen LogP contribution is -2.60. The van der Waals surface area contributed by atoms with E-state index in [0.29, 0.717) is 19.4 Å². The molecule has 0 spiro atoms. The zero-order valence-corrected chi connectivity index (χ0v) is 55.1. The minimum absolute atomic E-state index is 0.00820. The van der Waals surface area contributed by atoms with Gasteiger partial charge in [-0.3, -0.25) is 9.59 Å². The van der Waals surface area contributed by atoms with Crippen LogP contribution in [0.1, 0.15) is 335 Å². The third kappa shape index (κ3) is 51.9. The zero-order valence-electron chi connectivity index (χ0n) is 55.1. The van der Waals surface area contributed by atoms with Gasteiger partial charge >= 0.3 is 5.97 Å². The van der Waals surface area contributed by atoms with Gasteiger partial charge in [0.2, 0.25) is 5.91 Å². The summed E-state index contributed by atoms with van der Waals surface area (Å²) in [6, 6.07) is -0.834. The van der Waals surface area contributed by atoms with Crippen LogP contribution in [0.5, 0.6) is 0 Å². The summed E-state index contributed by atoms with van der Waals surface area (Å²) in [6.45, 7) is 4.22. The van der Waals surface area contributed by atoms with Crippen LogP contribution in [0.25, 0.3) is 0 Å². The lowest BCUT2D eigenvalue weighted by molar-refractivity contribution is -0.302. The summed E-state index contributed by atoms with van der Waals surface area (Å²) in [4.78, 5) is 25.1. The van der Waals surface area contributed by atoms with E-state index in [1.165, 1.54) is 231 Å². The lowest BCUT2D eigenvalue weighted by atomic mass is 9.99. The van der Waals surface area contributed by atoms with Crippen molar-refractivity contribution in [3.63, 3.8) is 0 Å². The second-order valence-electron chi connectivity index (χ2n) is 24.9. The Morgan fingerprint density at radius 1 is 0.447 bits per heavy atom. The maximum absolute atomic E-state index is 13.0. The van der Waals surface area contributed by atoms with E-state index < -0.39 is 49.5 Å². The van der Waals surface area contributed by atoms with Gasteiger partial charge in [0, 0.05) is 12.8 Å². The number of allylic oxidation sites excluding steroid dienone is 9. The SMILES string of the molecule is CC/C=C/CC/C=C/CC/C=C/C(O)C(COC1OC(CO)C(O)C(O)C1O)NC(=O)CCCCCCCCCCCCCCCCC/C=C\C/C=C\CCCCCCCCCCCOC(=O)CCCCCCCCCCCCCCCCCC. The number of carbonyl (C=O) groups is 2. The number of rotatable bonds is 63. The van der Waals surface area contributed by atoms with Crippen molar-refractivity contribution in [3.05, 3.63) is 60.8 Å². The normalized spacial score (nSPS) is 18.3. The van der Waals surface area contributed by atoms with Crippen molar-refractivity contribution in [2.75, 3.05) is 19.8 Å². The predicted octanol–water partition coefficient (Wildman–Crippen LogP) is 18.5. The second kappa shape index (κ2) is 62.9. The largest absolute Gasteiger partial charge is 0.466 e. The molecular formula is C74H135NO10. The fourth-order valence-corrected chi connectivity index (χ4v) is 11.2. The van der Waals surface area contributed by atoms with E-state index in [4.69, 9.17) is 14.2 Å². The average Bonchev–Trinajstić information content (AvgIpc) is 3.71. The smallest absolute Gasteiger partial charge is 0.305 e. The molecule has 1 aliphatic rings. The molecule has 1 aliphatic heterocycles. The third-order valence-corrected chi connectivity index (χ3v) is 16.8. The number of ether oxygens (including phenoxy) is 3. The minimum Gasteiger partial charge on any atom is -0.466 e. The Hall–Kier alpha value is -2.64. The van der Waals surface area contributed by atoms with Gasteiger partial charge in [-0.05, 0) is 83.5 Å². The van der Waals surface area contributed by atoms with Crippen LogP contribution in [-0.4, -0.2) is 100 Å². The van der Waals surface area contributed by atoms with Crippen molar-refractivity contribution < 1.29 is 49.3 Å². The van der Waals surface area contributed by atoms with Crippen molar-refractivity contribution >= 4 is 11.9 Å². The third-order valence-electron chi connectivity index (χ3n) is 16.8. The highest BCUT2D eigenvalue weighted by Gasteiger charge is 2.44. The Bertz CT molecular complexity index is 1600. The van der Waals surface area contributed by atoms with Gasteiger partial charge < -0.3 is 45.1 Å². The highest BCUT2D eigenvalue weighted by Crippen LogP contribution is 2.23. The molecule has 496 valence electrons. The summed E-state index contributed by atoms with van der Waals surface area (Å²) < 4.78 is 16.7. The maximum Gasteiger partial charge on any atom is 0.305 e. The van der Waals surface area contributed by atoms with Gasteiger partial charge in [0.25, 0.3) is 0 Å². The van der Waals surface area contributed by atoms with E-state index >= 15 is 0 Å². The number of hydrogen-bond donors (Lipinski definition) is 6. The van der Waals surface area contributed by atoms with E-state index in [1.807, 2.05) is 6.08 Å². The molecule has 1 rings (SSSR count). The Labute approximate surface area is 522 Å². The van der Waals surface area contributed by atoms with Gasteiger partial charge in [0.1, 0.15) is 24.4 Å². The maximum atomic E-state index is 13.0. The minimum atomic E-state index is -1.58. The van der Waals surface area contributed by atoms with Gasteiger partial charge in [-0.25, -0.2) is 0 Å². The first kappa shape index (κ1) is 80.4. The Kier molecular flexibility index (Phi) is 59.5. The molecule has 1 amide bonds. The summed E-state index contributed by atoms with van der Waals surface area (Å²) in [6.07, 6.45) is 73.9. The van der Waals surface area contributed by atoms with Crippen LogP contribution < -0.4 is 5.32 Å². The number of unbranched alkanes of at least 4 members (excludes halogenated alkanes) is 41. The zero-order chi connectivity index (χ0) is 61.6. The molecule has 1 fully saturated rings. The average molecular weight is 1200 g/mol. The topological polar surface area (TPSA) is 175 Å². The van der Waals surface area contributed by atoms with Crippen molar-refractivity contribution in [1.29, 1.82) is 0 Å². The van der Waals surface area contributed by atoms with Gasteiger partial charge in [-0.15, -0.1) is 0 Å². The molecule has 1 heterocycles. The first-order chi connectivity index (χ1) is 41.7. The van der Waals surface area contributed by atoms with Crippen LogP contribution in [-0.2, 0) is 23.8 Å². The first-order valence-corrected chi connectivity index (χ1v) is 36.1. The highest BCUT2D eigenvalue weighted by atomic mass is 16.7. The van der Waals surface area contributed by atoms with Crippen LogP contribution in [0.3, 0.4) is 0 Å². The van der Waals surface area contributed by atoms with Crippen molar-refractivity contribution in [3.8, 4) is 0 Å². The van der Waals surface area contributed by atoms with Crippen molar-refractivity contribution in [1.82, 2.24) is 5.32 Å². The molecule has 7 unspecified atom stereocenters. The standard InChI is InChI=1S/C74H135NO10/c1-3-5-7-9-11-13-15-16-17-36-39-42-46-50-54-58-62-70(79)83-63-59-55-51-47-43-40-37-34-32-30-28-26-24-22-20-18-19-21-23-25-27-29-31-33-35-38-41-45-49-53-57-61-69(78)75-66(65-84-74-73(82)72(81)71(80)68(64-76)85-74)67(77)60-56-52-48-44-14-12-10-8-6-4-2/h6,8,14,20,22,26,28,44,56,60,66-68,71-74,76-77,80-82H,3-5,7,9-13,15-19,21,23-25,27,29-43,45-55,57-59,61-65H2,1-2H3,(H,75,78)/b8-6+,22-20-,28-26-,44-14+,60-56+. The number of esters is 1. The summed E-state index contributed by atoms with van der Waals surface area (Å²) in [5.41, 5.74) is 0. The van der Waals surface area contributed by atoms with E-state index in [2.05, 4.69) is 67.8 Å². The summed E-state index contributed by atoms with van der Waals surface area (Å²) in [5, 5.41) is 54.3. The van der Waals surface area contributed by atoms with Crippen LogP contribution in [0.2, 0.25) is 0 Å². The molecule has 0 bridgehead atoms. The van der Waals surface area contributed by atoms with Crippen molar-refractivity contribution in [2.45, 2.75) is 378 Å². The molecule has 7 atom stereocenters. The Balaban J connectivity index is 1.93.